The lowest BCUT2D eigenvalue weighted by molar-refractivity contribution is 0.102. The van der Waals surface area contributed by atoms with Crippen molar-refractivity contribution < 1.29 is 14.6 Å². The van der Waals surface area contributed by atoms with Gasteiger partial charge in [-0.15, -0.1) is 0 Å². The van der Waals surface area contributed by atoms with E-state index >= 15 is 0 Å². The average Bonchev–Trinajstić information content (AvgIpc) is 2.88. The molecule has 0 aliphatic heterocycles. The quantitative estimate of drug-likeness (QED) is 0.290. The number of benzene rings is 3. The molecule has 3 aromatic rings. The fourth-order valence-electron chi connectivity index (χ4n) is 4.82. The van der Waals surface area contributed by atoms with Gasteiger partial charge >= 0.3 is 0 Å². The van der Waals surface area contributed by atoms with E-state index in [0.29, 0.717) is 5.75 Å². The molecule has 4 nitrogen and oxygen atoms in total. The Hall–Kier alpha value is -3.27. The first-order valence-corrected chi connectivity index (χ1v) is 14.9. The molecule has 0 aliphatic carbocycles. The van der Waals surface area contributed by atoms with Crippen LogP contribution in [0, 0.1) is 0 Å². The Kier molecular flexibility index (Phi) is 9.08. The van der Waals surface area contributed by atoms with Crippen LogP contribution in [0.3, 0.4) is 0 Å². The summed E-state index contributed by atoms with van der Waals surface area (Å²) in [5, 5.41) is 13.6. The van der Waals surface area contributed by atoms with E-state index < -0.39 is 0 Å². The second-order valence-electron chi connectivity index (χ2n) is 14.7. The van der Waals surface area contributed by atoms with E-state index in [9.17, 15) is 9.90 Å². The number of carbonyl (C=O) groups is 1. The van der Waals surface area contributed by atoms with E-state index in [1.54, 1.807) is 12.1 Å². The Morgan fingerprint density at radius 2 is 1.27 bits per heavy atom. The van der Waals surface area contributed by atoms with Crippen molar-refractivity contribution in [3.05, 3.63) is 82.4 Å². The lowest BCUT2D eigenvalue weighted by atomic mass is 9.76. The molecule has 0 unspecified atom stereocenters. The minimum Gasteiger partial charge on any atom is -0.508 e. The number of anilines is 1. The van der Waals surface area contributed by atoms with Crippen molar-refractivity contribution in [2.75, 3.05) is 5.32 Å². The van der Waals surface area contributed by atoms with Gasteiger partial charge in [0.05, 0.1) is 5.56 Å². The number of nitrogens with one attached hydrogen (secondary N) is 1. The average molecular weight is 558 g/mol. The molecule has 3 rings (SSSR count). The molecule has 0 saturated heterocycles. The molecule has 4 heteroatoms. The van der Waals surface area contributed by atoms with Gasteiger partial charge in [-0.2, -0.15) is 0 Å². The van der Waals surface area contributed by atoms with Crippen LogP contribution in [-0.4, -0.2) is 11.0 Å². The van der Waals surface area contributed by atoms with Gasteiger partial charge in [-0.25, -0.2) is 0 Å². The Bertz CT molecular complexity index is 1400. The minimum atomic E-state index is -0.326. The lowest BCUT2D eigenvalue weighted by Gasteiger charge is -2.30. The number of phenols is 1. The summed E-state index contributed by atoms with van der Waals surface area (Å²) in [6, 6.07) is 17.4. The number of aromatic hydroxyl groups is 1. The number of carbonyl (C=O) groups excluding carboxylic acids is 1. The zero-order chi connectivity index (χ0) is 31.0. The van der Waals surface area contributed by atoms with Crippen LogP contribution in [-0.2, 0) is 21.7 Å². The van der Waals surface area contributed by atoms with E-state index in [-0.39, 0.29) is 38.9 Å². The van der Waals surface area contributed by atoms with Crippen molar-refractivity contribution in [3.63, 3.8) is 0 Å². The molecule has 222 valence electrons. The highest BCUT2D eigenvalue weighted by Gasteiger charge is 2.28. The van der Waals surface area contributed by atoms with Gasteiger partial charge in [0.25, 0.3) is 5.91 Å². The Morgan fingerprint density at radius 3 is 1.83 bits per heavy atom. The van der Waals surface area contributed by atoms with Crippen molar-refractivity contribution >= 4 is 11.6 Å². The lowest BCUT2D eigenvalue weighted by Crippen LogP contribution is -2.22. The molecular formula is C37H51NO3. The van der Waals surface area contributed by atoms with Gasteiger partial charge in [0.15, 0.2) is 0 Å². The third kappa shape index (κ3) is 7.33. The maximum absolute atomic E-state index is 13.9. The summed E-state index contributed by atoms with van der Waals surface area (Å²) in [6.07, 6.45) is 1.95. The normalized spacial score (nSPS) is 12.8. The van der Waals surface area contributed by atoms with Crippen LogP contribution in [0.25, 0.3) is 0 Å². The first kappa shape index (κ1) is 32.2. The third-order valence-electron chi connectivity index (χ3n) is 8.63. The van der Waals surface area contributed by atoms with Gasteiger partial charge in [-0.3, -0.25) is 4.79 Å². The van der Waals surface area contributed by atoms with Crippen LogP contribution in [0.5, 0.6) is 17.2 Å². The number of hydrogen-bond acceptors (Lipinski definition) is 3. The fourth-order valence-corrected chi connectivity index (χ4v) is 4.82. The molecule has 0 aromatic heterocycles. The number of hydrogen-bond donors (Lipinski definition) is 2. The van der Waals surface area contributed by atoms with Crippen molar-refractivity contribution in [1.82, 2.24) is 0 Å². The summed E-state index contributed by atoms with van der Waals surface area (Å²) in [4.78, 5) is 13.9. The van der Waals surface area contributed by atoms with Gasteiger partial charge < -0.3 is 15.2 Å². The summed E-state index contributed by atoms with van der Waals surface area (Å²) in [5.41, 5.74) is 5.25. The van der Waals surface area contributed by atoms with Gasteiger partial charge in [-0.05, 0) is 81.5 Å². The highest BCUT2D eigenvalue weighted by Crippen LogP contribution is 2.41. The van der Waals surface area contributed by atoms with Crippen LogP contribution < -0.4 is 10.1 Å². The molecule has 0 aliphatic rings. The molecule has 0 heterocycles. The predicted molar refractivity (Wildman–Crippen MR) is 173 cm³/mol. The molecule has 1 amide bonds. The molecule has 3 aromatic carbocycles. The second kappa shape index (κ2) is 11.5. The predicted octanol–water partition coefficient (Wildman–Crippen LogP) is 10.4. The van der Waals surface area contributed by atoms with E-state index in [0.717, 1.165) is 41.0 Å². The molecular weight excluding hydrogens is 506 g/mol. The van der Waals surface area contributed by atoms with E-state index in [1.807, 2.05) is 6.07 Å². The highest BCUT2D eigenvalue weighted by atomic mass is 16.5. The topological polar surface area (TPSA) is 58.6 Å². The van der Waals surface area contributed by atoms with Gasteiger partial charge in [0.2, 0.25) is 0 Å². The molecule has 0 spiro atoms. The first-order chi connectivity index (χ1) is 18.8. The second-order valence-corrected chi connectivity index (χ2v) is 14.7. The van der Waals surface area contributed by atoms with E-state index in [2.05, 4.69) is 119 Å². The molecule has 0 saturated carbocycles. The van der Waals surface area contributed by atoms with Crippen molar-refractivity contribution in [1.29, 1.82) is 0 Å². The maximum atomic E-state index is 13.9. The molecule has 0 radical (unpaired) electrons. The first-order valence-electron chi connectivity index (χ1n) is 14.9. The van der Waals surface area contributed by atoms with Crippen LogP contribution in [0.2, 0.25) is 0 Å². The molecule has 0 fully saturated rings. The Labute approximate surface area is 248 Å². The maximum Gasteiger partial charge on any atom is 0.259 e. The molecule has 41 heavy (non-hydrogen) atoms. The van der Waals surface area contributed by atoms with Crippen molar-refractivity contribution in [2.24, 2.45) is 0 Å². The van der Waals surface area contributed by atoms with Crippen molar-refractivity contribution in [3.8, 4) is 17.2 Å². The summed E-state index contributed by atoms with van der Waals surface area (Å²) in [7, 11) is 0. The summed E-state index contributed by atoms with van der Waals surface area (Å²) in [6.45, 7) is 26.2. The van der Waals surface area contributed by atoms with Crippen LogP contribution >= 0.6 is 0 Å². The molecule has 2 N–H and O–H groups in total. The highest BCUT2D eigenvalue weighted by molar-refractivity contribution is 6.07. The van der Waals surface area contributed by atoms with Gasteiger partial charge in [0.1, 0.15) is 17.2 Å². The standard InChI is InChI=1S/C37H51NO3/c1-13-36(9,10)25-16-19-32(29(21-25)37(11,12)14-2)41-31-20-17-26(39)23-27(31)33(40)38-30-22-24(34(3,4)5)15-18-28(30)35(6,7)8/h15-23,39H,13-14H2,1-12H3,(H,38,40). The fraction of sp³-hybridized carbons (Fsp3) is 0.486. The van der Waals surface area contributed by atoms with Crippen LogP contribution in [0.15, 0.2) is 54.6 Å². The van der Waals surface area contributed by atoms with Crippen LogP contribution in [0.4, 0.5) is 5.69 Å². The number of phenolic OH excluding ortho intramolecular Hbond substituents is 1. The monoisotopic (exact) mass is 557 g/mol. The smallest absolute Gasteiger partial charge is 0.259 e. The number of rotatable bonds is 8. The Morgan fingerprint density at radius 1 is 0.683 bits per heavy atom. The number of ether oxygens (including phenoxy) is 1. The van der Waals surface area contributed by atoms with Gasteiger partial charge in [0, 0.05) is 11.3 Å². The summed E-state index contributed by atoms with van der Waals surface area (Å²) >= 11 is 0. The third-order valence-corrected chi connectivity index (χ3v) is 8.63. The zero-order valence-electron chi connectivity index (χ0n) is 27.4. The summed E-state index contributed by atoms with van der Waals surface area (Å²) in [5.74, 6) is 0.807. The van der Waals surface area contributed by atoms with Gasteiger partial charge in [-0.1, -0.05) is 107 Å². The minimum absolute atomic E-state index is 0.0103. The largest absolute Gasteiger partial charge is 0.508 e. The van der Waals surface area contributed by atoms with E-state index in [1.165, 1.54) is 11.6 Å². The molecule has 0 atom stereocenters. The SMILES string of the molecule is CCC(C)(C)c1ccc(Oc2ccc(O)cc2C(=O)Nc2cc(C(C)(C)C)ccc2C(C)(C)C)c(C(C)(C)CC)c1. The summed E-state index contributed by atoms with van der Waals surface area (Å²) < 4.78 is 6.55. The zero-order valence-corrected chi connectivity index (χ0v) is 27.4. The number of amides is 1. The molecule has 0 bridgehead atoms. The Balaban J connectivity index is 2.10. The van der Waals surface area contributed by atoms with E-state index in [4.69, 9.17) is 4.74 Å². The van der Waals surface area contributed by atoms with Crippen molar-refractivity contribution in [2.45, 2.75) is 118 Å². The van der Waals surface area contributed by atoms with Crippen LogP contribution in [0.1, 0.15) is 129 Å².